The van der Waals surface area contributed by atoms with Crippen molar-refractivity contribution in [1.29, 1.82) is 0 Å². The van der Waals surface area contributed by atoms with Gasteiger partial charge in [0.2, 0.25) is 0 Å². The molecule has 20 aromatic carbocycles. The van der Waals surface area contributed by atoms with E-state index in [1.807, 2.05) is 0 Å². The number of rotatable bonds is 13. The van der Waals surface area contributed by atoms with E-state index in [-0.39, 0.29) is 0 Å². The lowest BCUT2D eigenvalue weighted by molar-refractivity contribution is 0.809. The molecule has 120 heavy (non-hydrogen) atoms. The fourth-order valence-corrected chi connectivity index (χ4v) is 21.4. The number of benzene rings is 20. The maximum Gasteiger partial charge on any atom is 0.0737 e. The number of hydrogen-bond donors (Lipinski definition) is 0. The lowest BCUT2D eigenvalue weighted by Crippen LogP contribution is -2.26. The van der Waals surface area contributed by atoms with Gasteiger partial charge < -0.3 is 19.6 Å². The molecular formula is C116H78N4. The van der Waals surface area contributed by atoms with E-state index in [1.54, 1.807) is 0 Å². The molecule has 4 aliphatic rings. The highest BCUT2D eigenvalue weighted by molar-refractivity contribution is 6.13. The van der Waals surface area contributed by atoms with E-state index in [4.69, 9.17) is 0 Å². The molecular weight excluding hydrogens is 1450 g/mol. The minimum Gasteiger partial charge on any atom is -0.310 e. The van der Waals surface area contributed by atoms with E-state index in [2.05, 4.69) is 470 Å². The van der Waals surface area contributed by atoms with Crippen LogP contribution in [0.15, 0.2) is 437 Å². The van der Waals surface area contributed by atoms with Crippen LogP contribution in [0.5, 0.6) is 0 Å². The van der Waals surface area contributed by atoms with Gasteiger partial charge in [-0.15, -0.1) is 0 Å². The number of para-hydroxylation sites is 6. The molecule has 0 bridgehead atoms. The summed E-state index contributed by atoms with van der Waals surface area (Å²) in [6, 6.07) is 164. The first kappa shape index (κ1) is 69.0. The van der Waals surface area contributed by atoms with Gasteiger partial charge in [0.05, 0.1) is 10.8 Å². The van der Waals surface area contributed by atoms with Crippen LogP contribution < -0.4 is 19.6 Å². The molecule has 0 radical (unpaired) electrons. The standard InChI is InChI=1S/C116H78N4/c1-75-28-15-25-48-109(75)119(86-37-13-6-14-38-86)91-60-68-95-81(73-91)54-64-103-104-65-55-82-74-92(61-69-96(82)114(104)116(113(95)103)107-46-23-19-42-99(107)100-43-20-24-47-108(100)116)120(110-49-26-16-29-76(110)2)87-56-50-77(51-57-87)78-30-27-39-88(70-78)118(85-35-11-5-12-36-85)90-59-67-94-80(72-90)53-63-102-101-62-52-79-71-89(117(83-31-7-3-8-32-83)84-33-9-4-10-34-84)58-66-93(79)111(101)115(112(94)102)105-44-21-17-40-97(105)98-41-18-22-45-106(98)115/h3-74H,1-2H3. The van der Waals surface area contributed by atoms with Crippen molar-refractivity contribution in [2.75, 3.05) is 19.6 Å². The van der Waals surface area contributed by atoms with Crippen molar-refractivity contribution in [3.05, 3.63) is 492 Å². The third kappa shape index (κ3) is 10.2. The molecule has 20 aromatic rings. The Morgan fingerprint density at radius 3 is 0.767 bits per heavy atom. The third-order valence-corrected chi connectivity index (χ3v) is 26.4. The molecule has 24 rings (SSSR count). The lowest BCUT2D eigenvalue weighted by Gasteiger charge is -2.33. The van der Waals surface area contributed by atoms with Gasteiger partial charge in [-0.25, -0.2) is 0 Å². The molecule has 0 amide bonds. The predicted octanol–water partition coefficient (Wildman–Crippen LogP) is 31.1. The minimum absolute atomic E-state index is 0.609. The van der Waals surface area contributed by atoms with Crippen molar-refractivity contribution in [2.45, 2.75) is 24.7 Å². The summed E-state index contributed by atoms with van der Waals surface area (Å²) in [6.07, 6.45) is 0. The number of anilines is 12. The zero-order valence-electron chi connectivity index (χ0n) is 66.4. The van der Waals surface area contributed by atoms with Crippen LogP contribution in [-0.4, -0.2) is 0 Å². The van der Waals surface area contributed by atoms with E-state index >= 15 is 0 Å². The minimum atomic E-state index is -0.611. The second-order valence-corrected chi connectivity index (χ2v) is 32.6. The van der Waals surface area contributed by atoms with Crippen molar-refractivity contribution in [3.8, 4) is 55.6 Å². The highest BCUT2D eigenvalue weighted by atomic mass is 15.2. The van der Waals surface area contributed by atoms with Crippen LogP contribution in [0.1, 0.15) is 55.6 Å². The molecule has 0 aromatic heterocycles. The van der Waals surface area contributed by atoms with Crippen LogP contribution in [0.4, 0.5) is 68.2 Å². The fourth-order valence-electron chi connectivity index (χ4n) is 21.4. The van der Waals surface area contributed by atoms with Crippen LogP contribution in [0.25, 0.3) is 98.7 Å². The Bertz CT molecular complexity index is 7450. The molecule has 0 saturated heterocycles. The maximum atomic E-state index is 2.45. The van der Waals surface area contributed by atoms with Crippen molar-refractivity contribution in [1.82, 2.24) is 0 Å². The van der Waals surface area contributed by atoms with Crippen LogP contribution in [0.2, 0.25) is 0 Å². The molecule has 0 fully saturated rings. The van der Waals surface area contributed by atoms with Crippen LogP contribution in [0.3, 0.4) is 0 Å². The second kappa shape index (κ2) is 27.1. The van der Waals surface area contributed by atoms with E-state index in [9.17, 15) is 0 Å². The van der Waals surface area contributed by atoms with Gasteiger partial charge in [0.1, 0.15) is 0 Å². The highest BCUT2D eigenvalue weighted by Crippen LogP contribution is 2.68. The Hall–Kier alpha value is -15.4. The van der Waals surface area contributed by atoms with Crippen molar-refractivity contribution in [3.63, 3.8) is 0 Å². The number of aryl methyl sites for hydroxylation is 2. The molecule has 4 nitrogen and oxygen atoms in total. The van der Waals surface area contributed by atoms with Gasteiger partial charge in [-0.3, -0.25) is 0 Å². The molecule has 0 saturated carbocycles. The topological polar surface area (TPSA) is 13.0 Å². The molecule has 562 valence electrons. The van der Waals surface area contributed by atoms with Gasteiger partial charge in [0.15, 0.2) is 0 Å². The van der Waals surface area contributed by atoms with Crippen LogP contribution in [0, 0.1) is 13.8 Å². The molecule has 0 atom stereocenters. The Morgan fingerprint density at radius 2 is 0.425 bits per heavy atom. The first-order chi connectivity index (χ1) is 59.4. The summed E-state index contributed by atoms with van der Waals surface area (Å²) in [4.78, 5) is 9.66. The Balaban J connectivity index is 0.603. The Labute approximate surface area is 698 Å². The zero-order chi connectivity index (χ0) is 79.3. The number of nitrogens with zero attached hydrogens (tertiary/aromatic N) is 4. The summed E-state index contributed by atoms with van der Waals surface area (Å²) in [5, 5.41) is 9.78. The number of hydrogen-bond acceptors (Lipinski definition) is 4. The first-order valence-electron chi connectivity index (χ1n) is 41.8. The SMILES string of the molecule is Cc1ccccc1N(c1ccccc1)c1ccc2c3c(ccc2c1)-c1ccc2cc(N(c4ccc(-c5cccc(N(c6ccccc6)c6ccc7c8c(ccc7c6)-c6ccc7cc(N(c9ccccc9)c9ccccc9)ccc7c6C86c7ccccc7-c7ccccc76)c5)cc4)c4ccccc4C)ccc2c1C31c2ccccc2-c2ccccc21. The molecule has 0 heterocycles. The highest BCUT2D eigenvalue weighted by Gasteiger charge is 2.55. The largest absolute Gasteiger partial charge is 0.310 e. The third-order valence-electron chi connectivity index (χ3n) is 26.4. The van der Waals surface area contributed by atoms with E-state index in [0.29, 0.717) is 0 Å². The van der Waals surface area contributed by atoms with Crippen LogP contribution in [-0.2, 0) is 10.8 Å². The predicted molar refractivity (Wildman–Crippen MR) is 503 cm³/mol. The van der Waals surface area contributed by atoms with Gasteiger partial charge in [-0.05, 0) is 302 Å². The van der Waals surface area contributed by atoms with E-state index in [1.165, 1.54) is 143 Å². The summed E-state index contributed by atoms with van der Waals surface area (Å²) < 4.78 is 0. The molecule has 0 N–H and O–H groups in total. The molecule has 2 spiro atoms. The zero-order valence-corrected chi connectivity index (χ0v) is 66.4. The molecule has 4 aliphatic carbocycles. The second-order valence-electron chi connectivity index (χ2n) is 32.6. The summed E-state index contributed by atoms with van der Waals surface area (Å²) in [7, 11) is 0. The van der Waals surface area contributed by atoms with Crippen LogP contribution >= 0.6 is 0 Å². The first-order valence-corrected chi connectivity index (χ1v) is 41.8. The van der Waals surface area contributed by atoms with Gasteiger partial charge in [0.25, 0.3) is 0 Å². The summed E-state index contributed by atoms with van der Waals surface area (Å²) in [6.45, 7) is 4.44. The fraction of sp³-hybridized carbons (Fsp3) is 0.0345. The van der Waals surface area contributed by atoms with Crippen molar-refractivity contribution in [2.24, 2.45) is 0 Å². The van der Waals surface area contributed by atoms with E-state index < -0.39 is 10.8 Å². The lowest BCUT2D eigenvalue weighted by atomic mass is 9.68. The van der Waals surface area contributed by atoms with Crippen molar-refractivity contribution >= 4 is 111 Å². The number of fused-ring (bicyclic) bond motifs is 28. The Morgan fingerprint density at radius 1 is 0.167 bits per heavy atom. The Kier molecular flexibility index (Phi) is 15.6. The van der Waals surface area contributed by atoms with Gasteiger partial charge in [-0.1, -0.05) is 303 Å². The van der Waals surface area contributed by atoms with E-state index in [0.717, 1.165) is 79.4 Å². The van der Waals surface area contributed by atoms with Gasteiger partial charge in [-0.2, -0.15) is 0 Å². The summed E-state index contributed by atoms with van der Waals surface area (Å²) in [5.41, 5.74) is 37.6. The smallest absolute Gasteiger partial charge is 0.0737 e. The molecule has 4 heteroatoms. The quantitative estimate of drug-likeness (QED) is 0.114. The summed E-state index contributed by atoms with van der Waals surface area (Å²) >= 11 is 0. The van der Waals surface area contributed by atoms with Gasteiger partial charge >= 0.3 is 0 Å². The van der Waals surface area contributed by atoms with Gasteiger partial charge in [0, 0.05) is 68.2 Å². The molecule has 0 aliphatic heterocycles. The normalized spacial score (nSPS) is 13.1. The monoisotopic (exact) mass is 1530 g/mol. The maximum absolute atomic E-state index is 2.45. The average Bonchev–Trinajstić information content (AvgIpc) is 1.50. The summed E-state index contributed by atoms with van der Waals surface area (Å²) in [5.74, 6) is 0. The van der Waals surface area contributed by atoms with Crippen molar-refractivity contribution < 1.29 is 0 Å². The average molecular weight is 1530 g/mol. The molecule has 0 unspecified atom stereocenters.